The molecule has 0 fully saturated rings. The molecule has 148 valence electrons. The standard InChI is InChI=1S/C20H15FN2O5S/c21-14-4-2-13(3-5-14)19-23-15(10-29-19)20(25)26-9-18(24)22-8-12-1-6-16-17(7-12)28-11-27-16/h1-7,10H,8-9,11H2,(H,22,24). The Balaban J connectivity index is 1.27. The molecular weight excluding hydrogens is 399 g/mol. The predicted octanol–water partition coefficient (Wildman–Crippen LogP) is 3.15. The molecule has 2 heterocycles. The number of thiazole rings is 1. The number of benzene rings is 2. The van der Waals surface area contributed by atoms with Crippen molar-refractivity contribution in [2.75, 3.05) is 13.4 Å². The zero-order valence-corrected chi connectivity index (χ0v) is 15.8. The number of esters is 1. The van der Waals surface area contributed by atoms with Gasteiger partial charge in [0.2, 0.25) is 6.79 Å². The van der Waals surface area contributed by atoms with Crippen LogP contribution in [-0.2, 0) is 16.1 Å². The van der Waals surface area contributed by atoms with Crippen molar-refractivity contribution in [2.24, 2.45) is 0 Å². The number of amides is 1. The van der Waals surface area contributed by atoms with Crippen LogP contribution in [-0.4, -0.2) is 30.3 Å². The molecule has 1 aliphatic rings. The monoisotopic (exact) mass is 414 g/mol. The van der Waals surface area contributed by atoms with Crippen molar-refractivity contribution in [1.82, 2.24) is 10.3 Å². The minimum absolute atomic E-state index is 0.0953. The van der Waals surface area contributed by atoms with E-state index in [2.05, 4.69) is 10.3 Å². The lowest BCUT2D eigenvalue weighted by Gasteiger charge is -2.06. The number of halogens is 1. The highest BCUT2D eigenvalue weighted by atomic mass is 32.1. The van der Waals surface area contributed by atoms with Gasteiger partial charge in [0.15, 0.2) is 23.8 Å². The number of ether oxygens (including phenoxy) is 3. The van der Waals surface area contributed by atoms with E-state index in [9.17, 15) is 14.0 Å². The van der Waals surface area contributed by atoms with Gasteiger partial charge in [-0.2, -0.15) is 0 Å². The molecule has 7 nitrogen and oxygen atoms in total. The Morgan fingerprint density at radius 1 is 1.14 bits per heavy atom. The van der Waals surface area contributed by atoms with Crippen molar-refractivity contribution in [2.45, 2.75) is 6.54 Å². The van der Waals surface area contributed by atoms with E-state index in [4.69, 9.17) is 14.2 Å². The summed E-state index contributed by atoms with van der Waals surface area (Å²) >= 11 is 1.23. The van der Waals surface area contributed by atoms with Crippen LogP contribution in [0.1, 0.15) is 16.1 Å². The van der Waals surface area contributed by atoms with E-state index in [0.29, 0.717) is 22.1 Å². The highest BCUT2D eigenvalue weighted by Crippen LogP contribution is 2.32. The third-order valence-corrected chi connectivity index (χ3v) is 4.96. The van der Waals surface area contributed by atoms with Crippen molar-refractivity contribution < 1.29 is 28.2 Å². The van der Waals surface area contributed by atoms with Crippen LogP contribution < -0.4 is 14.8 Å². The second kappa shape index (κ2) is 8.27. The minimum Gasteiger partial charge on any atom is -0.454 e. The number of carbonyl (C=O) groups excluding carboxylic acids is 2. The summed E-state index contributed by atoms with van der Waals surface area (Å²) in [5.41, 5.74) is 1.62. The quantitative estimate of drug-likeness (QED) is 0.624. The number of rotatable bonds is 6. The lowest BCUT2D eigenvalue weighted by molar-refractivity contribution is -0.124. The average molecular weight is 414 g/mol. The summed E-state index contributed by atoms with van der Waals surface area (Å²) in [5, 5.41) is 4.76. The Bertz CT molecular complexity index is 1050. The fraction of sp³-hybridized carbons (Fsp3) is 0.150. The van der Waals surface area contributed by atoms with Gasteiger partial charge in [0.05, 0.1) is 0 Å². The summed E-state index contributed by atoms with van der Waals surface area (Å²) in [4.78, 5) is 28.2. The molecule has 0 spiro atoms. The molecule has 0 bridgehead atoms. The van der Waals surface area contributed by atoms with Gasteiger partial charge >= 0.3 is 5.97 Å². The van der Waals surface area contributed by atoms with Crippen molar-refractivity contribution in [3.8, 4) is 22.1 Å². The third kappa shape index (κ3) is 4.52. The molecule has 1 N–H and O–H groups in total. The molecule has 3 aromatic rings. The lowest BCUT2D eigenvalue weighted by atomic mass is 10.2. The van der Waals surface area contributed by atoms with E-state index in [1.54, 1.807) is 24.3 Å². The highest BCUT2D eigenvalue weighted by Gasteiger charge is 2.16. The maximum atomic E-state index is 13.0. The number of hydrogen-bond donors (Lipinski definition) is 1. The molecule has 4 rings (SSSR count). The molecule has 29 heavy (non-hydrogen) atoms. The van der Waals surface area contributed by atoms with E-state index in [1.165, 1.54) is 28.8 Å². The van der Waals surface area contributed by atoms with Crippen LogP contribution in [0.15, 0.2) is 47.8 Å². The normalized spacial score (nSPS) is 11.9. The summed E-state index contributed by atoms with van der Waals surface area (Å²) in [6, 6.07) is 11.1. The maximum Gasteiger partial charge on any atom is 0.358 e. The van der Waals surface area contributed by atoms with Gasteiger partial charge in [0.1, 0.15) is 10.8 Å². The number of fused-ring (bicyclic) bond motifs is 1. The van der Waals surface area contributed by atoms with Crippen LogP contribution in [0.2, 0.25) is 0 Å². The Morgan fingerprint density at radius 3 is 2.76 bits per heavy atom. The fourth-order valence-electron chi connectivity index (χ4n) is 2.60. The van der Waals surface area contributed by atoms with Crippen LogP contribution in [0.25, 0.3) is 10.6 Å². The zero-order chi connectivity index (χ0) is 20.2. The van der Waals surface area contributed by atoms with Crippen molar-refractivity contribution >= 4 is 23.2 Å². The predicted molar refractivity (Wildman–Crippen MR) is 102 cm³/mol. The Labute approximate surface area is 169 Å². The number of nitrogens with zero attached hydrogens (tertiary/aromatic N) is 1. The topological polar surface area (TPSA) is 86.8 Å². The smallest absolute Gasteiger partial charge is 0.358 e. The molecule has 1 amide bonds. The van der Waals surface area contributed by atoms with E-state index in [1.807, 2.05) is 6.07 Å². The molecule has 0 saturated heterocycles. The molecule has 0 saturated carbocycles. The number of nitrogens with one attached hydrogen (secondary N) is 1. The number of carbonyl (C=O) groups is 2. The van der Waals surface area contributed by atoms with Gasteiger partial charge < -0.3 is 19.5 Å². The Kier molecular flexibility index (Phi) is 5.39. The van der Waals surface area contributed by atoms with Gasteiger partial charge in [-0.15, -0.1) is 11.3 Å². The first-order valence-corrected chi connectivity index (χ1v) is 9.50. The second-order valence-electron chi connectivity index (χ2n) is 6.09. The molecule has 1 aromatic heterocycles. The second-order valence-corrected chi connectivity index (χ2v) is 6.94. The summed E-state index contributed by atoms with van der Waals surface area (Å²) in [6.07, 6.45) is 0. The lowest BCUT2D eigenvalue weighted by Crippen LogP contribution is -2.28. The van der Waals surface area contributed by atoms with Crippen molar-refractivity contribution in [1.29, 1.82) is 0 Å². The number of hydrogen-bond acceptors (Lipinski definition) is 7. The molecule has 0 atom stereocenters. The van der Waals surface area contributed by atoms with Gasteiger partial charge in [0, 0.05) is 17.5 Å². The minimum atomic E-state index is -0.701. The summed E-state index contributed by atoms with van der Waals surface area (Å²) in [5.74, 6) is -0.199. The zero-order valence-electron chi connectivity index (χ0n) is 15.0. The Hall–Kier alpha value is -3.46. The number of aromatic nitrogens is 1. The molecule has 1 aliphatic heterocycles. The Morgan fingerprint density at radius 2 is 1.93 bits per heavy atom. The first kappa shape index (κ1) is 18.9. The molecule has 2 aromatic carbocycles. The van der Waals surface area contributed by atoms with Gasteiger partial charge in [0.25, 0.3) is 5.91 Å². The van der Waals surface area contributed by atoms with Crippen LogP contribution in [0.4, 0.5) is 4.39 Å². The van der Waals surface area contributed by atoms with Gasteiger partial charge in [-0.25, -0.2) is 14.2 Å². The summed E-state index contributed by atoms with van der Waals surface area (Å²) < 4.78 is 28.5. The summed E-state index contributed by atoms with van der Waals surface area (Å²) in [6.45, 7) is 0.0197. The van der Waals surface area contributed by atoms with E-state index >= 15 is 0 Å². The molecule has 0 unspecified atom stereocenters. The maximum absolute atomic E-state index is 13.0. The molecule has 9 heteroatoms. The molecular formula is C20H15FN2O5S. The van der Waals surface area contributed by atoms with Crippen LogP contribution in [0.5, 0.6) is 11.5 Å². The van der Waals surface area contributed by atoms with Crippen molar-refractivity contribution in [3.63, 3.8) is 0 Å². The third-order valence-electron chi connectivity index (χ3n) is 4.07. The van der Waals surface area contributed by atoms with E-state index in [0.717, 1.165) is 5.56 Å². The largest absolute Gasteiger partial charge is 0.454 e. The van der Waals surface area contributed by atoms with Crippen LogP contribution in [0.3, 0.4) is 0 Å². The van der Waals surface area contributed by atoms with E-state index < -0.39 is 18.5 Å². The SMILES string of the molecule is O=C(COC(=O)c1csc(-c2ccc(F)cc2)n1)NCc1ccc2c(c1)OCO2. The molecule has 0 radical (unpaired) electrons. The first-order chi connectivity index (χ1) is 14.1. The molecule has 0 aliphatic carbocycles. The van der Waals surface area contributed by atoms with E-state index in [-0.39, 0.29) is 24.8 Å². The highest BCUT2D eigenvalue weighted by molar-refractivity contribution is 7.13. The van der Waals surface area contributed by atoms with Crippen molar-refractivity contribution in [3.05, 3.63) is 64.9 Å². The average Bonchev–Trinajstić information content (AvgIpc) is 3.40. The van der Waals surface area contributed by atoms with Crippen LogP contribution in [0, 0.1) is 5.82 Å². The van der Waals surface area contributed by atoms with Crippen LogP contribution >= 0.6 is 11.3 Å². The fourth-order valence-corrected chi connectivity index (χ4v) is 3.40. The van der Waals surface area contributed by atoms with Gasteiger partial charge in [-0.3, -0.25) is 4.79 Å². The first-order valence-electron chi connectivity index (χ1n) is 8.62. The van der Waals surface area contributed by atoms with Gasteiger partial charge in [-0.05, 0) is 42.0 Å². The summed E-state index contributed by atoms with van der Waals surface area (Å²) in [7, 11) is 0. The van der Waals surface area contributed by atoms with Gasteiger partial charge in [-0.1, -0.05) is 6.07 Å².